The highest BCUT2D eigenvalue weighted by atomic mass is 16.2. The summed E-state index contributed by atoms with van der Waals surface area (Å²) in [6.45, 7) is 3.81. The zero-order chi connectivity index (χ0) is 16.5. The number of carbonyl (C=O) groups is 1. The Morgan fingerprint density at radius 3 is 2.75 bits per heavy atom. The summed E-state index contributed by atoms with van der Waals surface area (Å²) in [5.74, 6) is 0.130. The van der Waals surface area contributed by atoms with Crippen LogP contribution in [0.2, 0.25) is 0 Å². The minimum Gasteiger partial charge on any atom is -0.334 e. The molecule has 0 radical (unpaired) electrons. The summed E-state index contributed by atoms with van der Waals surface area (Å²) in [5.41, 5.74) is 2.51. The van der Waals surface area contributed by atoms with Gasteiger partial charge in [0.2, 0.25) is 0 Å². The molecule has 1 amide bonds. The van der Waals surface area contributed by atoms with Gasteiger partial charge in [-0.25, -0.2) is 4.68 Å². The number of amides is 1. The Balaban J connectivity index is 1.57. The van der Waals surface area contributed by atoms with Gasteiger partial charge in [0.25, 0.3) is 5.91 Å². The van der Waals surface area contributed by atoms with Crippen molar-refractivity contribution >= 4 is 5.91 Å². The number of rotatable bonds is 5. The van der Waals surface area contributed by atoms with Crippen molar-refractivity contribution in [3.63, 3.8) is 0 Å². The van der Waals surface area contributed by atoms with Gasteiger partial charge in [0.1, 0.15) is 0 Å². The first kappa shape index (κ1) is 15.4. The van der Waals surface area contributed by atoms with Gasteiger partial charge < -0.3 is 10.2 Å². The second kappa shape index (κ2) is 6.40. The van der Waals surface area contributed by atoms with Gasteiger partial charge in [-0.05, 0) is 51.3 Å². The molecule has 0 bridgehead atoms. The quantitative estimate of drug-likeness (QED) is 0.919. The van der Waals surface area contributed by atoms with E-state index in [4.69, 9.17) is 0 Å². The molecule has 1 saturated heterocycles. The van der Waals surface area contributed by atoms with Crippen LogP contribution in [-0.2, 0) is 0 Å². The van der Waals surface area contributed by atoms with Crippen molar-refractivity contribution in [2.75, 3.05) is 13.1 Å². The second-order valence-electron chi connectivity index (χ2n) is 6.89. The highest BCUT2D eigenvalue weighted by Gasteiger charge is 2.36. The second-order valence-corrected chi connectivity index (χ2v) is 6.89. The molecule has 126 valence electrons. The smallest absolute Gasteiger partial charge is 0.257 e. The number of aromatic nitrogens is 2. The van der Waals surface area contributed by atoms with Crippen LogP contribution in [0.15, 0.2) is 36.5 Å². The van der Waals surface area contributed by atoms with Crippen LogP contribution < -0.4 is 5.32 Å². The van der Waals surface area contributed by atoms with Crippen LogP contribution in [0.1, 0.15) is 41.7 Å². The summed E-state index contributed by atoms with van der Waals surface area (Å²) >= 11 is 0. The number of hydrogen-bond donors (Lipinski definition) is 1. The third-order valence-corrected chi connectivity index (χ3v) is 4.98. The Morgan fingerprint density at radius 1 is 1.29 bits per heavy atom. The normalized spacial score (nSPS) is 20.3. The first-order valence-electron chi connectivity index (χ1n) is 8.88. The zero-order valence-corrected chi connectivity index (χ0v) is 14.1. The zero-order valence-electron chi connectivity index (χ0n) is 14.1. The molecule has 1 aliphatic carbocycles. The van der Waals surface area contributed by atoms with Crippen molar-refractivity contribution in [2.45, 2.75) is 44.7 Å². The topological polar surface area (TPSA) is 50.2 Å². The van der Waals surface area contributed by atoms with Crippen LogP contribution in [0.25, 0.3) is 5.69 Å². The van der Waals surface area contributed by atoms with E-state index >= 15 is 0 Å². The van der Waals surface area contributed by atoms with Crippen molar-refractivity contribution in [3.05, 3.63) is 47.8 Å². The number of hydrogen-bond acceptors (Lipinski definition) is 3. The molecule has 1 aliphatic heterocycles. The van der Waals surface area contributed by atoms with Gasteiger partial charge in [-0.15, -0.1) is 0 Å². The molecule has 1 aromatic carbocycles. The molecule has 1 N–H and O–H groups in total. The van der Waals surface area contributed by atoms with Crippen LogP contribution in [0.3, 0.4) is 0 Å². The predicted octanol–water partition coefficient (Wildman–Crippen LogP) is 2.54. The lowest BCUT2D eigenvalue weighted by molar-refractivity contribution is 0.0728. The van der Waals surface area contributed by atoms with E-state index in [2.05, 4.69) is 15.3 Å². The number of carbonyl (C=O) groups excluding carboxylic acids is 1. The molecule has 4 rings (SSSR count). The molecule has 1 unspecified atom stereocenters. The van der Waals surface area contributed by atoms with Crippen molar-refractivity contribution in [1.29, 1.82) is 0 Å². The lowest BCUT2D eigenvalue weighted by Gasteiger charge is -2.25. The van der Waals surface area contributed by atoms with Gasteiger partial charge in [0, 0.05) is 24.8 Å². The van der Waals surface area contributed by atoms with E-state index in [0.29, 0.717) is 12.1 Å². The fourth-order valence-electron chi connectivity index (χ4n) is 3.47. The van der Waals surface area contributed by atoms with E-state index < -0.39 is 0 Å². The SMILES string of the molecule is Cc1nn(-c2ccccc2)cc1C(=O)N(CC1CCCN1)C1CC1. The Kier molecular flexibility index (Phi) is 4.10. The average molecular weight is 324 g/mol. The third kappa shape index (κ3) is 3.08. The van der Waals surface area contributed by atoms with Crippen LogP contribution in [-0.4, -0.2) is 45.8 Å². The monoisotopic (exact) mass is 324 g/mol. The number of nitrogens with one attached hydrogen (secondary N) is 1. The predicted molar refractivity (Wildman–Crippen MR) is 93.4 cm³/mol. The average Bonchev–Trinajstić information content (AvgIpc) is 3.17. The Labute approximate surface area is 142 Å². The summed E-state index contributed by atoms with van der Waals surface area (Å²) in [4.78, 5) is 15.2. The molecule has 2 heterocycles. The molecule has 2 fully saturated rings. The molecule has 0 spiro atoms. The molecule has 5 nitrogen and oxygen atoms in total. The van der Waals surface area contributed by atoms with Gasteiger partial charge >= 0.3 is 0 Å². The molecule has 2 aliphatic rings. The maximum Gasteiger partial charge on any atom is 0.257 e. The fraction of sp³-hybridized carbons (Fsp3) is 0.474. The summed E-state index contributed by atoms with van der Waals surface area (Å²) in [5, 5.41) is 8.06. The molecule has 1 aromatic heterocycles. The highest BCUT2D eigenvalue weighted by molar-refractivity contribution is 5.95. The number of benzene rings is 1. The van der Waals surface area contributed by atoms with Gasteiger partial charge in [0.15, 0.2) is 0 Å². The summed E-state index contributed by atoms with van der Waals surface area (Å²) < 4.78 is 1.81. The van der Waals surface area contributed by atoms with Crippen molar-refractivity contribution < 1.29 is 4.79 Å². The van der Waals surface area contributed by atoms with E-state index in [0.717, 1.165) is 42.9 Å². The third-order valence-electron chi connectivity index (χ3n) is 4.98. The van der Waals surface area contributed by atoms with Crippen LogP contribution >= 0.6 is 0 Å². The van der Waals surface area contributed by atoms with E-state index in [1.165, 1.54) is 12.8 Å². The van der Waals surface area contributed by atoms with Gasteiger partial charge in [-0.2, -0.15) is 5.10 Å². The lowest BCUT2D eigenvalue weighted by Crippen LogP contribution is -2.42. The van der Waals surface area contributed by atoms with Crippen LogP contribution in [0, 0.1) is 6.92 Å². The Bertz CT molecular complexity index is 714. The van der Waals surface area contributed by atoms with E-state index in [1.54, 1.807) is 0 Å². The highest BCUT2D eigenvalue weighted by Crippen LogP contribution is 2.29. The Morgan fingerprint density at radius 2 is 2.08 bits per heavy atom. The molecule has 1 saturated carbocycles. The number of nitrogens with zero attached hydrogens (tertiary/aromatic N) is 3. The van der Waals surface area contributed by atoms with Gasteiger partial charge in [0.05, 0.1) is 16.9 Å². The van der Waals surface area contributed by atoms with Gasteiger partial charge in [-0.3, -0.25) is 4.79 Å². The number of para-hydroxylation sites is 1. The first-order chi connectivity index (χ1) is 11.7. The molecular weight excluding hydrogens is 300 g/mol. The van der Waals surface area contributed by atoms with Gasteiger partial charge in [-0.1, -0.05) is 18.2 Å². The van der Waals surface area contributed by atoms with Crippen molar-refractivity contribution in [3.8, 4) is 5.69 Å². The van der Waals surface area contributed by atoms with E-state index in [1.807, 2.05) is 48.1 Å². The first-order valence-corrected chi connectivity index (χ1v) is 8.88. The summed E-state index contributed by atoms with van der Waals surface area (Å²) in [6.07, 6.45) is 6.51. The number of aryl methyl sites for hydroxylation is 1. The van der Waals surface area contributed by atoms with Crippen LogP contribution in [0.5, 0.6) is 0 Å². The molecule has 5 heteroatoms. The standard InChI is InChI=1S/C19H24N4O/c1-14-18(13-23(21-14)17-7-3-2-4-8-17)19(24)22(16-9-10-16)12-15-6-5-11-20-15/h2-4,7-8,13,15-16,20H,5-6,9-12H2,1H3. The van der Waals surface area contributed by atoms with E-state index in [9.17, 15) is 4.79 Å². The molecular formula is C19H24N4O. The lowest BCUT2D eigenvalue weighted by atomic mass is 10.1. The van der Waals surface area contributed by atoms with Crippen molar-refractivity contribution in [2.24, 2.45) is 0 Å². The largest absolute Gasteiger partial charge is 0.334 e. The summed E-state index contributed by atoms with van der Waals surface area (Å²) in [7, 11) is 0. The fourth-order valence-corrected chi connectivity index (χ4v) is 3.47. The van der Waals surface area contributed by atoms with Crippen molar-refractivity contribution in [1.82, 2.24) is 20.0 Å². The molecule has 2 aromatic rings. The maximum absolute atomic E-state index is 13.1. The molecule has 24 heavy (non-hydrogen) atoms. The van der Waals surface area contributed by atoms with Crippen LogP contribution in [0.4, 0.5) is 0 Å². The van der Waals surface area contributed by atoms with E-state index in [-0.39, 0.29) is 5.91 Å². The Hall–Kier alpha value is -2.14. The molecule has 1 atom stereocenters. The summed E-state index contributed by atoms with van der Waals surface area (Å²) in [6, 6.07) is 10.8. The maximum atomic E-state index is 13.1. The minimum absolute atomic E-state index is 0.130. The minimum atomic E-state index is 0.130.